The Hall–Kier alpha value is -2.40. The van der Waals surface area contributed by atoms with Gasteiger partial charge in [-0.15, -0.1) is 0 Å². The number of hydrogen-bond acceptors (Lipinski definition) is 3. The Labute approximate surface area is 152 Å². The van der Waals surface area contributed by atoms with E-state index in [1.165, 1.54) is 0 Å². The van der Waals surface area contributed by atoms with E-state index in [0.29, 0.717) is 29.5 Å². The van der Waals surface area contributed by atoms with E-state index in [1.807, 2.05) is 19.1 Å². The van der Waals surface area contributed by atoms with E-state index in [9.17, 15) is 9.59 Å². The third-order valence-corrected chi connectivity index (χ3v) is 4.59. The van der Waals surface area contributed by atoms with Crippen molar-refractivity contribution in [2.45, 2.75) is 19.8 Å². The van der Waals surface area contributed by atoms with Gasteiger partial charge in [0, 0.05) is 29.9 Å². The fourth-order valence-corrected chi connectivity index (χ4v) is 3.11. The van der Waals surface area contributed by atoms with E-state index in [-0.39, 0.29) is 17.7 Å². The number of anilines is 1. The zero-order chi connectivity index (χ0) is 17.8. The predicted octanol–water partition coefficient (Wildman–Crippen LogP) is 3.53. The summed E-state index contributed by atoms with van der Waals surface area (Å²) in [5.74, 6) is 0.160. The third-order valence-electron chi connectivity index (χ3n) is 4.34. The average Bonchev–Trinajstić information content (AvgIpc) is 2.62. The molecule has 1 aromatic heterocycles. The summed E-state index contributed by atoms with van der Waals surface area (Å²) in [5.41, 5.74) is 1.62. The van der Waals surface area contributed by atoms with Gasteiger partial charge in [-0.2, -0.15) is 0 Å². The summed E-state index contributed by atoms with van der Waals surface area (Å²) < 4.78 is 0. The highest BCUT2D eigenvalue weighted by Gasteiger charge is 2.29. The molecule has 1 aromatic carbocycles. The van der Waals surface area contributed by atoms with Crippen LogP contribution in [0.15, 0.2) is 42.6 Å². The fraction of sp³-hybridized carbons (Fsp3) is 0.316. The van der Waals surface area contributed by atoms with Gasteiger partial charge in [-0.1, -0.05) is 11.6 Å². The van der Waals surface area contributed by atoms with E-state index in [0.717, 1.165) is 18.4 Å². The van der Waals surface area contributed by atoms with Crippen LogP contribution < -0.4 is 5.32 Å². The molecule has 0 unspecified atom stereocenters. The van der Waals surface area contributed by atoms with Crippen molar-refractivity contribution < 1.29 is 9.59 Å². The van der Waals surface area contributed by atoms with Gasteiger partial charge in [0.05, 0.1) is 5.92 Å². The molecule has 0 aliphatic carbocycles. The molecule has 2 heterocycles. The number of aryl methyl sites for hydroxylation is 1. The lowest BCUT2D eigenvalue weighted by molar-refractivity contribution is -0.121. The van der Waals surface area contributed by atoms with Crippen molar-refractivity contribution in [3.63, 3.8) is 0 Å². The molecule has 3 rings (SSSR count). The molecule has 2 amide bonds. The van der Waals surface area contributed by atoms with Crippen molar-refractivity contribution in [3.8, 4) is 0 Å². The molecule has 1 fully saturated rings. The monoisotopic (exact) mass is 357 g/mol. The number of nitrogens with one attached hydrogen (secondary N) is 1. The fourth-order valence-electron chi connectivity index (χ4n) is 2.98. The molecule has 25 heavy (non-hydrogen) atoms. The molecule has 6 heteroatoms. The number of carbonyl (C=O) groups excluding carboxylic acids is 2. The van der Waals surface area contributed by atoms with Crippen LogP contribution in [0.2, 0.25) is 5.02 Å². The van der Waals surface area contributed by atoms with Crippen LogP contribution in [0.4, 0.5) is 5.82 Å². The summed E-state index contributed by atoms with van der Waals surface area (Å²) in [6.45, 7) is 3.03. The molecular weight excluding hydrogens is 338 g/mol. The van der Waals surface area contributed by atoms with Crippen molar-refractivity contribution in [2.75, 3.05) is 18.4 Å². The number of likely N-dealkylation sites (tertiary alicyclic amines) is 1. The lowest BCUT2D eigenvalue weighted by Crippen LogP contribution is -2.43. The van der Waals surface area contributed by atoms with Crippen LogP contribution >= 0.6 is 11.6 Å². The highest BCUT2D eigenvalue weighted by Crippen LogP contribution is 2.21. The second-order valence-corrected chi connectivity index (χ2v) is 6.74. The number of aromatic nitrogens is 1. The minimum atomic E-state index is -0.229. The number of amides is 2. The SMILES string of the molecule is Cc1ccnc(NC(=O)[C@@H]2CCCN(C(=O)c3ccc(Cl)cc3)C2)c1. The molecule has 1 N–H and O–H groups in total. The van der Waals surface area contributed by atoms with Crippen molar-refractivity contribution in [1.82, 2.24) is 9.88 Å². The van der Waals surface area contributed by atoms with Gasteiger partial charge in [-0.25, -0.2) is 4.98 Å². The van der Waals surface area contributed by atoms with E-state index in [1.54, 1.807) is 35.4 Å². The maximum atomic E-state index is 12.6. The standard InChI is InChI=1S/C19H20ClN3O2/c1-13-8-9-21-17(11-13)22-18(24)15-3-2-10-23(12-15)19(25)14-4-6-16(20)7-5-14/h4-9,11,15H,2-3,10,12H2,1H3,(H,21,22,24)/t15-/m1/s1. The van der Waals surface area contributed by atoms with Crippen LogP contribution in [0.5, 0.6) is 0 Å². The molecule has 0 bridgehead atoms. The molecule has 0 spiro atoms. The Morgan fingerprint density at radius 3 is 2.72 bits per heavy atom. The van der Waals surface area contributed by atoms with Crippen LogP contribution in [0.1, 0.15) is 28.8 Å². The van der Waals surface area contributed by atoms with Gasteiger partial charge in [0.1, 0.15) is 5.82 Å². The van der Waals surface area contributed by atoms with Gasteiger partial charge in [-0.05, 0) is 61.7 Å². The Bertz CT molecular complexity index is 776. The van der Waals surface area contributed by atoms with E-state index < -0.39 is 0 Å². The first-order valence-electron chi connectivity index (χ1n) is 8.31. The van der Waals surface area contributed by atoms with Gasteiger partial charge >= 0.3 is 0 Å². The van der Waals surface area contributed by atoms with E-state index in [4.69, 9.17) is 11.6 Å². The lowest BCUT2D eigenvalue weighted by atomic mass is 9.96. The van der Waals surface area contributed by atoms with Crippen molar-refractivity contribution in [1.29, 1.82) is 0 Å². The molecule has 0 saturated carbocycles. The van der Waals surface area contributed by atoms with Gasteiger partial charge in [0.2, 0.25) is 5.91 Å². The maximum absolute atomic E-state index is 12.6. The summed E-state index contributed by atoms with van der Waals surface area (Å²) in [6.07, 6.45) is 3.24. The van der Waals surface area contributed by atoms with Gasteiger partial charge in [-0.3, -0.25) is 9.59 Å². The second kappa shape index (κ2) is 7.66. The molecule has 1 saturated heterocycles. The molecular formula is C19H20ClN3O2. The minimum Gasteiger partial charge on any atom is -0.338 e. The first kappa shape index (κ1) is 17.4. The van der Waals surface area contributed by atoms with E-state index in [2.05, 4.69) is 10.3 Å². The quantitative estimate of drug-likeness (QED) is 0.913. The van der Waals surface area contributed by atoms with Gasteiger partial charge in [0.25, 0.3) is 5.91 Å². The Morgan fingerprint density at radius 1 is 1.24 bits per heavy atom. The van der Waals surface area contributed by atoms with Gasteiger partial charge < -0.3 is 10.2 Å². The summed E-state index contributed by atoms with van der Waals surface area (Å²) >= 11 is 5.87. The molecule has 130 valence electrons. The van der Waals surface area contributed by atoms with Crippen LogP contribution in [-0.4, -0.2) is 34.8 Å². The molecule has 1 atom stereocenters. The number of benzene rings is 1. The highest BCUT2D eigenvalue weighted by atomic mass is 35.5. The predicted molar refractivity (Wildman–Crippen MR) is 97.7 cm³/mol. The molecule has 2 aromatic rings. The van der Waals surface area contributed by atoms with Crippen molar-refractivity contribution >= 4 is 29.2 Å². The molecule has 1 aliphatic rings. The molecule has 0 radical (unpaired) electrons. The average molecular weight is 358 g/mol. The number of halogens is 1. The summed E-state index contributed by atoms with van der Waals surface area (Å²) in [7, 11) is 0. The van der Waals surface area contributed by atoms with Crippen LogP contribution in [0, 0.1) is 12.8 Å². The lowest BCUT2D eigenvalue weighted by Gasteiger charge is -2.32. The van der Waals surface area contributed by atoms with Gasteiger partial charge in [0.15, 0.2) is 0 Å². The number of hydrogen-bond donors (Lipinski definition) is 1. The summed E-state index contributed by atoms with van der Waals surface area (Å²) in [5, 5.41) is 3.45. The number of nitrogens with zero attached hydrogens (tertiary/aromatic N) is 2. The van der Waals surface area contributed by atoms with Crippen molar-refractivity contribution in [3.05, 3.63) is 58.7 Å². The second-order valence-electron chi connectivity index (χ2n) is 6.30. The summed E-state index contributed by atoms with van der Waals surface area (Å²) in [6, 6.07) is 10.5. The normalized spacial score (nSPS) is 17.2. The first-order valence-corrected chi connectivity index (χ1v) is 8.69. The van der Waals surface area contributed by atoms with Crippen LogP contribution in [0.25, 0.3) is 0 Å². The Kier molecular flexibility index (Phi) is 5.34. The number of rotatable bonds is 3. The minimum absolute atomic E-state index is 0.0668. The van der Waals surface area contributed by atoms with Crippen molar-refractivity contribution in [2.24, 2.45) is 5.92 Å². The topological polar surface area (TPSA) is 62.3 Å². The first-order chi connectivity index (χ1) is 12.0. The Balaban J connectivity index is 1.65. The summed E-state index contributed by atoms with van der Waals surface area (Å²) in [4.78, 5) is 31.0. The van der Waals surface area contributed by atoms with Crippen LogP contribution in [-0.2, 0) is 4.79 Å². The Morgan fingerprint density at radius 2 is 2.00 bits per heavy atom. The smallest absolute Gasteiger partial charge is 0.253 e. The highest BCUT2D eigenvalue weighted by molar-refractivity contribution is 6.30. The third kappa shape index (κ3) is 4.37. The number of pyridine rings is 1. The zero-order valence-corrected chi connectivity index (χ0v) is 14.8. The number of piperidine rings is 1. The molecule has 1 aliphatic heterocycles. The molecule has 5 nitrogen and oxygen atoms in total. The zero-order valence-electron chi connectivity index (χ0n) is 14.0. The maximum Gasteiger partial charge on any atom is 0.253 e. The van der Waals surface area contributed by atoms with E-state index >= 15 is 0 Å². The number of carbonyl (C=O) groups is 2. The largest absolute Gasteiger partial charge is 0.338 e. The van der Waals surface area contributed by atoms with Crippen LogP contribution in [0.3, 0.4) is 0 Å².